The van der Waals surface area contributed by atoms with Gasteiger partial charge in [-0.2, -0.15) is 5.10 Å². The number of nitrogens with one attached hydrogen (secondary N) is 2. The van der Waals surface area contributed by atoms with E-state index in [1.54, 1.807) is 29.3 Å². The second-order valence-electron chi connectivity index (χ2n) is 6.19. The Morgan fingerprint density at radius 2 is 2.21 bits per heavy atom. The molecule has 2 aromatic rings. The third-order valence-corrected chi connectivity index (χ3v) is 5.51. The lowest BCUT2D eigenvalue weighted by atomic mass is 10.1. The molecule has 3 heterocycles. The second kappa shape index (κ2) is 7.92. The molecule has 3 rings (SSSR count). The lowest BCUT2D eigenvalue weighted by Gasteiger charge is -2.27. The fourth-order valence-corrected chi connectivity index (χ4v) is 4.14. The van der Waals surface area contributed by atoms with Crippen LogP contribution < -0.4 is 10.6 Å². The molecule has 1 amide bonds. The van der Waals surface area contributed by atoms with Gasteiger partial charge in [-0.3, -0.25) is 14.4 Å². The predicted octanol–water partition coefficient (Wildman–Crippen LogP) is 1.70. The van der Waals surface area contributed by atoms with Crippen molar-refractivity contribution in [3.63, 3.8) is 0 Å². The van der Waals surface area contributed by atoms with Crippen LogP contribution >= 0.6 is 11.3 Å². The molecule has 2 N–H and O–H groups in total. The number of aryl methyl sites for hydroxylation is 1. The van der Waals surface area contributed by atoms with Gasteiger partial charge in [-0.1, -0.05) is 6.07 Å². The number of hydrogen-bond acceptors (Lipinski definition) is 5. The summed E-state index contributed by atoms with van der Waals surface area (Å²) in [4.78, 5) is 16.4. The highest BCUT2D eigenvalue weighted by Gasteiger charge is 2.26. The number of carbonyl (C=O) groups is 1. The number of nitrogens with zero attached hydrogens (tertiary/aromatic N) is 3. The summed E-state index contributed by atoms with van der Waals surface area (Å²) >= 11 is 1.76. The van der Waals surface area contributed by atoms with E-state index in [9.17, 15) is 4.79 Å². The Morgan fingerprint density at radius 3 is 2.79 bits per heavy atom. The molecule has 1 fully saturated rings. The molecule has 2 atom stereocenters. The largest absolute Gasteiger partial charge is 0.352 e. The molecule has 7 heteroatoms. The van der Waals surface area contributed by atoms with Gasteiger partial charge >= 0.3 is 0 Å². The topological polar surface area (TPSA) is 62.2 Å². The standard InChI is InChI=1S/C17H25N5OS/c1-18-16(13-10-20-21(2)12-13)17(23)19-11-14(15-6-5-9-24-15)22-7-3-4-8-22/h5-6,9-10,12,14,16,18H,3-4,7-8,11H2,1-2H3,(H,19,23). The van der Waals surface area contributed by atoms with Crippen molar-refractivity contribution in [3.8, 4) is 0 Å². The number of thiophene rings is 1. The van der Waals surface area contributed by atoms with Crippen molar-refractivity contribution >= 4 is 17.2 Å². The van der Waals surface area contributed by atoms with Crippen LogP contribution in [0.4, 0.5) is 0 Å². The van der Waals surface area contributed by atoms with Crippen molar-refractivity contribution in [1.29, 1.82) is 0 Å². The van der Waals surface area contributed by atoms with E-state index in [0.717, 1.165) is 18.7 Å². The van der Waals surface area contributed by atoms with Gasteiger partial charge in [-0.25, -0.2) is 0 Å². The van der Waals surface area contributed by atoms with Gasteiger partial charge in [0.05, 0.1) is 12.2 Å². The number of hydrogen-bond donors (Lipinski definition) is 2. The molecular formula is C17H25N5OS. The Labute approximate surface area is 146 Å². The zero-order valence-electron chi connectivity index (χ0n) is 14.2. The van der Waals surface area contributed by atoms with E-state index in [0.29, 0.717) is 6.54 Å². The van der Waals surface area contributed by atoms with Crippen LogP contribution in [0.15, 0.2) is 29.9 Å². The quantitative estimate of drug-likeness (QED) is 0.800. The number of amides is 1. The normalized spacial score (nSPS) is 17.8. The lowest BCUT2D eigenvalue weighted by Crippen LogP contribution is -2.41. The van der Waals surface area contributed by atoms with Gasteiger partial charge in [0, 0.05) is 30.2 Å². The molecule has 24 heavy (non-hydrogen) atoms. The van der Waals surface area contributed by atoms with Crippen molar-refractivity contribution in [2.75, 3.05) is 26.7 Å². The Morgan fingerprint density at radius 1 is 1.42 bits per heavy atom. The molecule has 2 aromatic heterocycles. The molecule has 130 valence electrons. The van der Waals surface area contributed by atoms with Crippen molar-refractivity contribution in [3.05, 3.63) is 40.3 Å². The second-order valence-corrected chi connectivity index (χ2v) is 7.17. The first-order chi connectivity index (χ1) is 11.7. The van der Waals surface area contributed by atoms with Gasteiger partial charge in [0.1, 0.15) is 6.04 Å². The Bertz CT molecular complexity index is 648. The fourth-order valence-electron chi connectivity index (χ4n) is 3.28. The minimum Gasteiger partial charge on any atom is -0.352 e. The zero-order chi connectivity index (χ0) is 16.9. The number of rotatable bonds is 7. The maximum Gasteiger partial charge on any atom is 0.241 e. The number of aromatic nitrogens is 2. The Balaban J connectivity index is 1.66. The van der Waals surface area contributed by atoms with E-state index in [4.69, 9.17) is 0 Å². The summed E-state index contributed by atoms with van der Waals surface area (Å²) in [5, 5.41) is 12.5. The Kier molecular flexibility index (Phi) is 5.65. The van der Waals surface area contributed by atoms with Crippen LogP contribution in [0, 0.1) is 0 Å². The summed E-state index contributed by atoms with van der Waals surface area (Å²) in [6.07, 6.45) is 6.09. The zero-order valence-corrected chi connectivity index (χ0v) is 15.1. The Hall–Kier alpha value is -1.70. The predicted molar refractivity (Wildman–Crippen MR) is 95.9 cm³/mol. The van der Waals surface area contributed by atoms with Crippen LogP contribution in [-0.4, -0.2) is 47.3 Å². The molecule has 0 spiro atoms. The maximum absolute atomic E-state index is 12.6. The summed E-state index contributed by atoms with van der Waals surface area (Å²) < 4.78 is 1.71. The highest BCUT2D eigenvalue weighted by Crippen LogP contribution is 2.28. The van der Waals surface area contributed by atoms with Gasteiger partial charge in [0.15, 0.2) is 0 Å². The van der Waals surface area contributed by atoms with Crippen molar-refractivity contribution in [2.24, 2.45) is 7.05 Å². The summed E-state index contributed by atoms with van der Waals surface area (Å²) in [5.74, 6) is -0.00810. The molecule has 2 unspecified atom stereocenters. The van der Waals surface area contributed by atoms with Gasteiger partial charge in [-0.15, -0.1) is 11.3 Å². The monoisotopic (exact) mass is 347 g/mol. The summed E-state index contributed by atoms with van der Waals surface area (Å²) in [7, 11) is 3.66. The average molecular weight is 347 g/mol. The molecule has 0 aliphatic carbocycles. The molecule has 1 aliphatic heterocycles. The minimum absolute atomic E-state index is 0.00810. The van der Waals surface area contributed by atoms with E-state index in [1.165, 1.54) is 17.7 Å². The van der Waals surface area contributed by atoms with E-state index >= 15 is 0 Å². The van der Waals surface area contributed by atoms with Crippen molar-refractivity contribution < 1.29 is 4.79 Å². The van der Waals surface area contributed by atoms with Gasteiger partial charge < -0.3 is 10.6 Å². The molecule has 0 bridgehead atoms. The van der Waals surface area contributed by atoms with Gasteiger partial charge in [-0.05, 0) is 44.4 Å². The average Bonchev–Trinajstić information content (AvgIpc) is 3.31. The van der Waals surface area contributed by atoms with Crippen LogP contribution in [0.25, 0.3) is 0 Å². The third kappa shape index (κ3) is 3.85. The number of carbonyl (C=O) groups excluding carboxylic acids is 1. The number of likely N-dealkylation sites (tertiary alicyclic amines) is 1. The first-order valence-corrected chi connectivity index (χ1v) is 9.28. The molecule has 1 saturated heterocycles. The maximum atomic E-state index is 12.6. The van der Waals surface area contributed by atoms with Gasteiger partial charge in [0.2, 0.25) is 5.91 Å². The first kappa shape index (κ1) is 17.1. The molecule has 0 aromatic carbocycles. The molecule has 0 radical (unpaired) electrons. The molecule has 1 aliphatic rings. The van der Waals surface area contributed by atoms with Crippen LogP contribution in [-0.2, 0) is 11.8 Å². The highest BCUT2D eigenvalue weighted by atomic mass is 32.1. The molecule has 6 nitrogen and oxygen atoms in total. The third-order valence-electron chi connectivity index (χ3n) is 4.53. The lowest BCUT2D eigenvalue weighted by molar-refractivity contribution is -0.123. The van der Waals surface area contributed by atoms with E-state index in [2.05, 4.69) is 38.1 Å². The number of likely N-dealkylation sites (N-methyl/N-ethyl adjacent to an activating group) is 1. The van der Waals surface area contributed by atoms with Crippen LogP contribution in [0.5, 0.6) is 0 Å². The van der Waals surface area contributed by atoms with E-state index in [-0.39, 0.29) is 18.0 Å². The smallest absolute Gasteiger partial charge is 0.241 e. The minimum atomic E-state index is -0.374. The highest BCUT2D eigenvalue weighted by molar-refractivity contribution is 7.10. The van der Waals surface area contributed by atoms with E-state index in [1.807, 2.05) is 13.2 Å². The van der Waals surface area contributed by atoms with Gasteiger partial charge in [0.25, 0.3) is 0 Å². The molecule has 0 saturated carbocycles. The summed E-state index contributed by atoms with van der Waals surface area (Å²) in [6.45, 7) is 2.85. The summed E-state index contributed by atoms with van der Waals surface area (Å²) in [5.41, 5.74) is 0.881. The van der Waals surface area contributed by atoms with Crippen molar-refractivity contribution in [2.45, 2.75) is 24.9 Å². The van der Waals surface area contributed by atoms with Crippen LogP contribution in [0.1, 0.15) is 35.4 Å². The summed E-state index contributed by atoms with van der Waals surface area (Å²) in [6, 6.07) is 4.14. The fraction of sp³-hybridized carbons (Fsp3) is 0.529. The first-order valence-electron chi connectivity index (χ1n) is 8.40. The van der Waals surface area contributed by atoms with Crippen LogP contribution in [0.2, 0.25) is 0 Å². The van der Waals surface area contributed by atoms with E-state index < -0.39 is 0 Å². The van der Waals surface area contributed by atoms with Crippen LogP contribution in [0.3, 0.4) is 0 Å². The van der Waals surface area contributed by atoms with Crippen molar-refractivity contribution in [1.82, 2.24) is 25.3 Å². The SMILES string of the molecule is CNC(C(=O)NCC(c1cccs1)N1CCCC1)c1cnn(C)c1. The molecular weight excluding hydrogens is 322 g/mol.